The summed E-state index contributed by atoms with van der Waals surface area (Å²) in [6, 6.07) is 18.0. The van der Waals surface area contributed by atoms with Gasteiger partial charge in [-0.1, -0.05) is 35.9 Å². The van der Waals surface area contributed by atoms with Crippen molar-refractivity contribution in [2.45, 2.75) is 20.5 Å². The molecule has 1 aliphatic heterocycles. The Kier molecular flexibility index (Phi) is 7.83. The lowest BCUT2D eigenvalue weighted by Gasteiger charge is -2.26. The number of anilines is 1. The number of halogens is 1. The number of hydrogen-bond donors (Lipinski definition) is 1. The summed E-state index contributed by atoms with van der Waals surface area (Å²) in [6.07, 6.45) is 1.40. The molecule has 9 heteroatoms. The third-order valence-corrected chi connectivity index (χ3v) is 6.10. The Morgan fingerprint density at radius 2 is 1.78 bits per heavy atom. The first-order chi connectivity index (χ1) is 17.8. The first-order valence-electron chi connectivity index (χ1n) is 11.4. The quantitative estimate of drug-likeness (QED) is 0.242. The van der Waals surface area contributed by atoms with Crippen LogP contribution >= 0.6 is 15.9 Å². The predicted octanol–water partition coefficient (Wildman–Crippen LogP) is 5.18. The minimum Gasteiger partial charge on any atom is -0.488 e. The number of carbonyl (C=O) groups is 4. The monoisotopic (exact) mass is 562 g/mol. The van der Waals surface area contributed by atoms with Crippen LogP contribution in [0, 0.1) is 6.92 Å². The number of urea groups is 1. The van der Waals surface area contributed by atoms with Gasteiger partial charge in [-0.05, 0) is 83.4 Å². The molecule has 0 saturated carbocycles. The molecule has 3 aromatic carbocycles. The van der Waals surface area contributed by atoms with Crippen LogP contribution in [0.4, 0.5) is 10.5 Å². The Morgan fingerprint density at radius 3 is 2.46 bits per heavy atom. The Bertz CT molecular complexity index is 1410. The van der Waals surface area contributed by atoms with E-state index in [0.29, 0.717) is 22.4 Å². The predicted molar refractivity (Wildman–Crippen MR) is 141 cm³/mol. The SMILES string of the molecule is CCOC(=O)c1ccc(N2C(=O)NC(=O)/C(=C\c3ccc(OCc4cccc(C)c4)c(Br)c3)C2=O)cc1. The third kappa shape index (κ3) is 5.95. The van der Waals surface area contributed by atoms with Gasteiger partial charge in [-0.3, -0.25) is 14.9 Å². The average Bonchev–Trinajstić information content (AvgIpc) is 2.86. The minimum atomic E-state index is -0.878. The van der Waals surface area contributed by atoms with Crippen molar-refractivity contribution in [2.24, 2.45) is 0 Å². The van der Waals surface area contributed by atoms with Crippen LogP contribution in [-0.2, 0) is 20.9 Å². The van der Waals surface area contributed by atoms with Gasteiger partial charge < -0.3 is 9.47 Å². The maximum atomic E-state index is 13.2. The van der Waals surface area contributed by atoms with Gasteiger partial charge in [0.05, 0.1) is 22.3 Å². The van der Waals surface area contributed by atoms with E-state index in [1.165, 1.54) is 30.3 Å². The molecule has 0 bridgehead atoms. The lowest BCUT2D eigenvalue weighted by Crippen LogP contribution is -2.54. The van der Waals surface area contributed by atoms with Crippen LogP contribution in [0.5, 0.6) is 5.75 Å². The summed E-state index contributed by atoms with van der Waals surface area (Å²) < 4.78 is 11.5. The van der Waals surface area contributed by atoms with Gasteiger partial charge in [0, 0.05) is 0 Å². The van der Waals surface area contributed by atoms with E-state index >= 15 is 0 Å². The molecule has 1 fully saturated rings. The number of nitrogens with zero attached hydrogens (tertiary/aromatic N) is 1. The number of aryl methyl sites for hydroxylation is 1. The number of hydrogen-bond acceptors (Lipinski definition) is 6. The van der Waals surface area contributed by atoms with E-state index in [2.05, 4.69) is 21.2 Å². The van der Waals surface area contributed by atoms with Crippen LogP contribution in [0.1, 0.15) is 34.0 Å². The Balaban J connectivity index is 1.54. The Morgan fingerprint density at radius 1 is 1.03 bits per heavy atom. The smallest absolute Gasteiger partial charge is 0.338 e. The zero-order chi connectivity index (χ0) is 26.5. The van der Waals surface area contributed by atoms with Crippen molar-refractivity contribution in [3.63, 3.8) is 0 Å². The molecule has 4 rings (SSSR count). The molecule has 1 heterocycles. The van der Waals surface area contributed by atoms with Crippen molar-refractivity contribution in [3.8, 4) is 5.75 Å². The van der Waals surface area contributed by atoms with Gasteiger partial charge in [0.1, 0.15) is 17.9 Å². The summed E-state index contributed by atoms with van der Waals surface area (Å²) in [4.78, 5) is 50.9. The highest BCUT2D eigenvalue weighted by molar-refractivity contribution is 9.10. The molecular weight excluding hydrogens is 540 g/mol. The number of imide groups is 2. The maximum Gasteiger partial charge on any atom is 0.338 e. The van der Waals surface area contributed by atoms with Gasteiger partial charge in [-0.15, -0.1) is 0 Å². The summed E-state index contributed by atoms with van der Waals surface area (Å²) >= 11 is 3.48. The lowest BCUT2D eigenvalue weighted by molar-refractivity contribution is -0.122. The number of rotatable bonds is 7. The summed E-state index contributed by atoms with van der Waals surface area (Å²) in [5.74, 6) is -1.50. The van der Waals surface area contributed by atoms with E-state index in [-0.39, 0.29) is 23.4 Å². The number of benzene rings is 3. The number of barbiturate groups is 1. The molecule has 188 valence electrons. The first-order valence-corrected chi connectivity index (χ1v) is 12.2. The van der Waals surface area contributed by atoms with Gasteiger partial charge >= 0.3 is 12.0 Å². The minimum absolute atomic E-state index is 0.204. The largest absolute Gasteiger partial charge is 0.488 e. The van der Waals surface area contributed by atoms with Gasteiger partial charge in [-0.2, -0.15) is 0 Å². The number of nitrogens with one attached hydrogen (secondary N) is 1. The molecule has 0 aliphatic carbocycles. The Hall–Kier alpha value is -4.24. The number of carbonyl (C=O) groups excluding carboxylic acids is 4. The molecular formula is C28H23BrN2O6. The molecule has 37 heavy (non-hydrogen) atoms. The van der Waals surface area contributed by atoms with E-state index in [1.54, 1.807) is 25.1 Å². The topological polar surface area (TPSA) is 102 Å². The highest BCUT2D eigenvalue weighted by Crippen LogP contribution is 2.29. The fourth-order valence-corrected chi connectivity index (χ4v) is 4.22. The first kappa shape index (κ1) is 25.8. The molecule has 0 radical (unpaired) electrons. The van der Waals surface area contributed by atoms with Crippen LogP contribution < -0.4 is 15.0 Å². The second kappa shape index (κ2) is 11.2. The van der Waals surface area contributed by atoms with Gasteiger partial charge in [0.2, 0.25) is 0 Å². The summed E-state index contributed by atoms with van der Waals surface area (Å²) in [6.45, 7) is 4.31. The normalized spacial score (nSPS) is 14.5. The van der Waals surface area contributed by atoms with E-state index in [0.717, 1.165) is 16.0 Å². The highest BCUT2D eigenvalue weighted by Gasteiger charge is 2.36. The summed E-state index contributed by atoms with van der Waals surface area (Å²) in [5, 5.41) is 2.19. The molecule has 0 unspecified atom stereocenters. The van der Waals surface area contributed by atoms with Crippen molar-refractivity contribution in [2.75, 3.05) is 11.5 Å². The fraction of sp³-hybridized carbons (Fsp3) is 0.143. The molecule has 8 nitrogen and oxygen atoms in total. The molecule has 0 atom stereocenters. The molecule has 3 aromatic rings. The molecule has 4 amide bonds. The second-order valence-corrected chi connectivity index (χ2v) is 9.05. The summed E-state index contributed by atoms with van der Waals surface area (Å²) in [7, 11) is 0. The van der Waals surface area contributed by atoms with Crippen LogP contribution in [-0.4, -0.2) is 30.4 Å². The molecule has 1 N–H and O–H groups in total. The summed E-state index contributed by atoms with van der Waals surface area (Å²) in [5.41, 5.74) is 2.99. The van der Waals surface area contributed by atoms with Crippen LogP contribution in [0.15, 0.2) is 76.8 Å². The lowest BCUT2D eigenvalue weighted by atomic mass is 10.1. The van der Waals surface area contributed by atoms with Crippen LogP contribution in [0.2, 0.25) is 0 Å². The molecule has 1 saturated heterocycles. The molecule has 0 spiro atoms. The van der Waals surface area contributed by atoms with E-state index in [4.69, 9.17) is 9.47 Å². The van der Waals surface area contributed by atoms with E-state index in [1.807, 2.05) is 31.2 Å². The number of amides is 4. The zero-order valence-electron chi connectivity index (χ0n) is 20.1. The maximum absolute atomic E-state index is 13.2. The number of esters is 1. The van der Waals surface area contributed by atoms with E-state index < -0.39 is 23.8 Å². The van der Waals surface area contributed by atoms with Crippen molar-refractivity contribution >= 4 is 51.5 Å². The van der Waals surface area contributed by atoms with Gasteiger partial charge in [0.15, 0.2) is 0 Å². The van der Waals surface area contributed by atoms with Crippen molar-refractivity contribution < 1.29 is 28.7 Å². The Labute approximate surface area is 222 Å². The zero-order valence-corrected chi connectivity index (χ0v) is 21.7. The van der Waals surface area contributed by atoms with Gasteiger partial charge in [-0.25, -0.2) is 14.5 Å². The highest BCUT2D eigenvalue weighted by atomic mass is 79.9. The second-order valence-electron chi connectivity index (χ2n) is 8.19. The number of ether oxygens (including phenoxy) is 2. The standard InChI is InChI=1S/C28H23BrN2O6/c1-3-36-27(34)20-8-10-21(11-9-20)31-26(33)22(25(32)30-28(31)35)14-18-7-12-24(23(29)15-18)37-16-19-6-4-5-17(2)13-19/h4-15H,3,16H2,1-2H3,(H,30,32,35)/b22-14+. The molecule has 1 aliphatic rings. The van der Waals surface area contributed by atoms with Crippen molar-refractivity contribution in [1.82, 2.24) is 5.32 Å². The fourth-order valence-electron chi connectivity index (χ4n) is 3.71. The van der Waals surface area contributed by atoms with Crippen LogP contribution in [0.25, 0.3) is 6.08 Å². The third-order valence-electron chi connectivity index (χ3n) is 5.48. The van der Waals surface area contributed by atoms with E-state index in [9.17, 15) is 19.2 Å². The van der Waals surface area contributed by atoms with Crippen LogP contribution in [0.3, 0.4) is 0 Å². The van der Waals surface area contributed by atoms with Crippen molar-refractivity contribution in [1.29, 1.82) is 0 Å². The van der Waals surface area contributed by atoms with Gasteiger partial charge in [0.25, 0.3) is 11.8 Å². The average molecular weight is 563 g/mol. The van der Waals surface area contributed by atoms with Crippen molar-refractivity contribution in [3.05, 3.63) is 99.0 Å². The molecule has 0 aromatic heterocycles.